The SMILES string of the molecule is CCN1CCC(CNS(=O)(=O)c2ccc(C(=O)O)cn2)C1. The summed E-state index contributed by atoms with van der Waals surface area (Å²) in [5.41, 5.74) is -0.0386. The van der Waals surface area contributed by atoms with Crippen LogP contribution in [0.1, 0.15) is 23.7 Å². The van der Waals surface area contributed by atoms with E-state index in [4.69, 9.17) is 5.11 Å². The summed E-state index contributed by atoms with van der Waals surface area (Å²) >= 11 is 0. The van der Waals surface area contributed by atoms with Gasteiger partial charge in [-0.1, -0.05) is 6.92 Å². The van der Waals surface area contributed by atoms with Crippen LogP contribution < -0.4 is 4.72 Å². The average Bonchev–Trinajstić information content (AvgIpc) is 2.93. The van der Waals surface area contributed by atoms with Crippen LogP contribution in [0.25, 0.3) is 0 Å². The van der Waals surface area contributed by atoms with Gasteiger partial charge in [-0.2, -0.15) is 0 Å². The van der Waals surface area contributed by atoms with E-state index in [2.05, 4.69) is 21.5 Å². The molecule has 1 aliphatic rings. The standard InChI is InChI=1S/C13H19N3O4S/c1-2-16-6-5-10(9-16)7-15-21(19,20)12-4-3-11(8-14-12)13(17)18/h3-4,8,10,15H,2,5-7,9H2,1H3,(H,17,18). The smallest absolute Gasteiger partial charge is 0.337 e. The minimum Gasteiger partial charge on any atom is -0.478 e. The minimum atomic E-state index is -3.69. The predicted molar refractivity (Wildman–Crippen MR) is 76.6 cm³/mol. The van der Waals surface area contributed by atoms with Gasteiger partial charge in [-0.15, -0.1) is 0 Å². The van der Waals surface area contributed by atoms with Crippen LogP contribution in [-0.2, 0) is 10.0 Å². The molecule has 21 heavy (non-hydrogen) atoms. The van der Waals surface area contributed by atoms with Crippen molar-refractivity contribution in [1.82, 2.24) is 14.6 Å². The molecule has 1 aromatic rings. The van der Waals surface area contributed by atoms with E-state index in [1.807, 2.05) is 0 Å². The third kappa shape index (κ3) is 3.99. The first kappa shape index (κ1) is 15.9. The van der Waals surface area contributed by atoms with Crippen molar-refractivity contribution < 1.29 is 18.3 Å². The molecule has 7 nitrogen and oxygen atoms in total. The highest BCUT2D eigenvalue weighted by Crippen LogP contribution is 2.15. The summed E-state index contributed by atoms with van der Waals surface area (Å²) in [6, 6.07) is 2.44. The van der Waals surface area contributed by atoms with Gasteiger partial charge in [0.25, 0.3) is 10.0 Å². The maximum atomic E-state index is 12.1. The number of rotatable bonds is 6. The van der Waals surface area contributed by atoms with Gasteiger partial charge in [-0.3, -0.25) is 0 Å². The molecule has 2 N–H and O–H groups in total. The lowest BCUT2D eigenvalue weighted by atomic mass is 10.1. The second-order valence-electron chi connectivity index (χ2n) is 5.09. The highest BCUT2D eigenvalue weighted by Gasteiger charge is 2.24. The van der Waals surface area contributed by atoms with Crippen LogP contribution in [0, 0.1) is 5.92 Å². The van der Waals surface area contributed by atoms with Crippen molar-refractivity contribution >= 4 is 16.0 Å². The van der Waals surface area contributed by atoms with Gasteiger partial charge < -0.3 is 10.0 Å². The molecule has 0 saturated carbocycles. The molecule has 1 atom stereocenters. The molecule has 0 spiro atoms. The molecule has 0 bridgehead atoms. The monoisotopic (exact) mass is 313 g/mol. The lowest BCUT2D eigenvalue weighted by Crippen LogP contribution is -2.31. The number of nitrogens with one attached hydrogen (secondary N) is 1. The van der Waals surface area contributed by atoms with E-state index in [1.54, 1.807) is 0 Å². The number of nitrogens with zero attached hydrogens (tertiary/aromatic N) is 2. The van der Waals surface area contributed by atoms with Crippen molar-refractivity contribution in [2.45, 2.75) is 18.4 Å². The zero-order chi connectivity index (χ0) is 15.5. The Morgan fingerprint density at radius 1 is 1.52 bits per heavy atom. The molecule has 0 amide bonds. The molecule has 0 radical (unpaired) electrons. The van der Waals surface area contributed by atoms with Crippen LogP contribution >= 0.6 is 0 Å². The van der Waals surface area contributed by atoms with Crippen LogP contribution in [0.3, 0.4) is 0 Å². The molecule has 2 heterocycles. The molecule has 1 aromatic heterocycles. The third-order valence-corrected chi connectivity index (χ3v) is 4.98. The fourth-order valence-electron chi connectivity index (χ4n) is 2.33. The van der Waals surface area contributed by atoms with Gasteiger partial charge >= 0.3 is 5.97 Å². The van der Waals surface area contributed by atoms with Crippen LogP contribution in [0.2, 0.25) is 0 Å². The van der Waals surface area contributed by atoms with Crippen LogP contribution in [0.4, 0.5) is 0 Å². The molecule has 0 aliphatic carbocycles. The summed E-state index contributed by atoms with van der Waals surface area (Å²) in [4.78, 5) is 16.7. The summed E-state index contributed by atoms with van der Waals surface area (Å²) in [6.45, 7) is 5.32. The van der Waals surface area contributed by atoms with Crippen LogP contribution in [0.5, 0.6) is 0 Å². The maximum absolute atomic E-state index is 12.1. The average molecular weight is 313 g/mol. The number of hydrogen-bond donors (Lipinski definition) is 2. The number of likely N-dealkylation sites (tertiary alicyclic amines) is 1. The largest absolute Gasteiger partial charge is 0.478 e. The number of carboxylic acids is 1. The number of sulfonamides is 1. The second kappa shape index (κ2) is 6.50. The Balaban J connectivity index is 1.97. The molecule has 1 unspecified atom stereocenters. The lowest BCUT2D eigenvalue weighted by Gasteiger charge is -2.13. The Morgan fingerprint density at radius 2 is 2.29 bits per heavy atom. The van der Waals surface area contributed by atoms with Crippen molar-refractivity contribution in [3.8, 4) is 0 Å². The van der Waals surface area contributed by atoms with Gasteiger partial charge in [-0.25, -0.2) is 22.9 Å². The highest BCUT2D eigenvalue weighted by atomic mass is 32.2. The summed E-state index contributed by atoms with van der Waals surface area (Å²) in [5.74, 6) is -0.831. The van der Waals surface area contributed by atoms with E-state index in [0.717, 1.165) is 32.3 Å². The summed E-state index contributed by atoms with van der Waals surface area (Å²) in [5, 5.41) is 8.61. The first-order chi connectivity index (χ1) is 9.92. The zero-order valence-electron chi connectivity index (χ0n) is 11.8. The molecule has 1 aliphatic heterocycles. The number of aromatic carboxylic acids is 1. The first-order valence-electron chi connectivity index (χ1n) is 6.83. The fraction of sp³-hybridized carbons (Fsp3) is 0.538. The molecule has 2 rings (SSSR count). The van der Waals surface area contributed by atoms with E-state index in [0.29, 0.717) is 12.5 Å². The molecule has 1 fully saturated rings. The number of carboxylic acid groups (broad SMARTS) is 1. The molecule has 8 heteroatoms. The first-order valence-corrected chi connectivity index (χ1v) is 8.32. The molecular weight excluding hydrogens is 294 g/mol. The van der Waals surface area contributed by atoms with Crippen molar-refractivity contribution in [3.05, 3.63) is 23.9 Å². The highest BCUT2D eigenvalue weighted by molar-refractivity contribution is 7.89. The quantitative estimate of drug-likeness (QED) is 0.788. The van der Waals surface area contributed by atoms with Gasteiger partial charge in [0.1, 0.15) is 0 Å². The second-order valence-corrected chi connectivity index (χ2v) is 6.80. The van der Waals surface area contributed by atoms with Gasteiger partial charge in [0.2, 0.25) is 0 Å². The molecule has 1 saturated heterocycles. The predicted octanol–water partition coefficient (Wildman–Crippen LogP) is 0.400. The number of hydrogen-bond acceptors (Lipinski definition) is 5. The Hall–Kier alpha value is -1.51. The van der Waals surface area contributed by atoms with E-state index >= 15 is 0 Å². The Bertz CT molecular complexity index is 600. The normalized spacial score (nSPS) is 19.8. The lowest BCUT2D eigenvalue weighted by molar-refractivity contribution is 0.0696. The van der Waals surface area contributed by atoms with Crippen molar-refractivity contribution in [3.63, 3.8) is 0 Å². The van der Waals surface area contributed by atoms with Gasteiger partial charge in [0.15, 0.2) is 5.03 Å². The molecular formula is C13H19N3O4S. The van der Waals surface area contributed by atoms with Gasteiger partial charge in [0, 0.05) is 19.3 Å². The van der Waals surface area contributed by atoms with Gasteiger partial charge in [-0.05, 0) is 37.6 Å². The van der Waals surface area contributed by atoms with Crippen molar-refractivity contribution in [1.29, 1.82) is 0 Å². The third-order valence-electron chi connectivity index (χ3n) is 3.64. The van der Waals surface area contributed by atoms with Crippen molar-refractivity contribution in [2.75, 3.05) is 26.2 Å². The van der Waals surface area contributed by atoms with E-state index in [-0.39, 0.29) is 10.6 Å². The number of pyridine rings is 1. The molecule has 116 valence electrons. The summed E-state index contributed by atoms with van der Waals surface area (Å²) in [7, 11) is -3.69. The van der Waals surface area contributed by atoms with E-state index in [9.17, 15) is 13.2 Å². The molecule has 0 aromatic carbocycles. The minimum absolute atomic E-state index is 0.0386. The van der Waals surface area contributed by atoms with Gasteiger partial charge in [0.05, 0.1) is 5.56 Å². The Labute approximate surface area is 124 Å². The zero-order valence-corrected chi connectivity index (χ0v) is 12.6. The summed E-state index contributed by atoms with van der Waals surface area (Å²) in [6.07, 6.45) is 2.02. The Kier molecular flexibility index (Phi) is 4.92. The van der Waals surface area contributed by atoms with Crippen molar-refractivity contribution in [2.24, 2.45) is 5.92 Å². The van der Waals surface area contributed by atoms with E-state index in [1.165, 1.54) is 12.1 Å². The van der Waals surface area contributed by atoms with Crippen LogP contribution in [0.15, 0.2) is 23.4 Å². The number of aromatic nitrogens is 1. The Morgan fingerprint density at radius 3 is 2.81 bits per heavy atom. The summed E-state index contributed by atoms with van der Waals surface area (Å²) < 4.78 is 26.7. The van der Waals surface area contributed by atoms with Crippen LogP contribution in [-0.4, -0.2) is 55.6 Å². The van der Waals surface area contributed by atoms with E-state index < -0.39 is 16.0 Å². The maximum Gasteiger partial charge on any atom is 0.337 e. The number of carbonyl (C=O) groups is 1. The fourth-order valence-corrected chi connectivity index (χ4v) is 3.38. The topological polar surface area (TPSA) is 99.6 Å².